The molecule has 7 aliphatic rings. The van der Waals surface area contributed by atoms with E-state index in [1.165, 1.54) is 101 Å². The topological polar surface area (TPSA) is 68.4 Å². The molecule has 0 aliphatic carbocycles. The highest BCUT2D eigenvalue weighted by molar-refractivity contribution is 6.37. The lowest BCUT2D eigenvalue weighted by atomic mass is 9.98. The van der Waals surface area contributed by atoms with E-state index in [0.717, 1.165) is 115 Å². The van der Waals surface area contributed by atoms with Crippen LogP contribution < -0.4 is 14.7 Å². The molecule has 7 heterocycles. The van der Waals surface area contributed by atoms with Crippen LogP contribution in [0.25, 0.3) is 22.3 Å². The van der Waals surface area contributed by atoms with Gasteiger partial charge in [0.05, 0.1) is 40.6 Å². The summed E-state index contributed by atoms with van der Waals surface area (Å²) in [6.45, 7) is 4.85. The lowest BCUT2D eigenvalue weighted by molar-refractivity contribution is -0.388. The SMILES string of the molecule is CCCCCCCCCCCCCCCCN1C=CC(=C2C=CN(CCCOc3ccc(C4=C5C=CC(=N5)C(c5ccccc5)=C5C=CC(=[NH+]5)C(c5ccccc5)=C5C=CC(=[NH+]5)C(c5ccccc5)=C5C=CC4=N5)cc3)C=C2)C=C1. The number of ether oxygens (including phenoxy) is 1. The van der Waals surface area contributed by atoms with Gasteiger partial charge in [0, 0.05) is 67.8 Å². The summed E-state index contributed by atoms with van der Waals surface area (Å²) in [7, 11) is 0. The Morgan fingerprint density at radius 2 is 0.775 bits per heavy atom. The van der Waals surface area contributed by atoms with E-state index in [9.17, 15) is 0 Å². The maximum absolute atomic E-state index is 6.39. The molecule has 4 aromatic carbocycles. The van der Waals surface area contributed by atoms with Crippen molar-refractivity contribution in [2.45, 2.75) is 103 Å². The van der Waals surface area contributed by atoms with Crippen LogP contribution in [0, 0.1) is 0 Å². The highest BCUT2D eigenvalue weighted by atomic mass is 16.5. The minimum Gasteiger partial charge on any atom is -0.494 e. The largest absolute Gasteiger partial charge is 0.494 e. The number of nitrogens with one attached hydrogen (secondary N) is 2. The van der Waals surface area contributed by atoms with E-state index in [0.29, 0.717) is 6.61 Å². The first-order valence-corrected chi connectivity index (χ1v) is 29.7. The quantitative estimate of drug-likeness (QED) is 0.0687. The molecule has 0 saturated carbocycles. The van der Waals surface area contributed by atoms with Gasteiger partial charge in [-0.25, -0.2) is 20.0 Å². The van der Waals surface area contributed by atoms with E-state index >= 15 is 0 Å². The summed E-state index contributed by atoms with van der Waals surface area (Å²) in [5.41, 5.74) is 18.3. The van der Waals surface area contributed by atoms with Crippen LogP contribution in [0.3, 0.4) is 0 Å². The fourth-order valence-electron chi connectivity index (χ4n) is 11.5. The maximum Gasteiger partial charge on any atom is 0.218 e. The predicted molar refractivity (Wildman–Crippen MR) is 334 cm³/mol. The molecule has 7 heteroatoms. The van der Waals surface area contributed by atoms with Crippen molar-refractivity contribution in [3.05, 3.63) is 269 Å². The molecule has 0 atom stereocenters. The third-order valence-electron chi connectivity index (χ3n) is 15.8. The van der Waals surface area contributed by atoms with Crippen LogP contribution in [0.4, 0.5) is 0 Å². The van der Waals surface area contributed by atoms with Crippen molar-refractivity contribution < 1.29 is 14.7 Å². The summed E-state index contributed by atoms with van der Waals surface area (Å²) in [4.78, 5) is 23.2. The molecular formula is C73H76N6O+2. The van der Waals surface area contributed by atoms with Gasteiger partial charge in [-0.2, -0.15) is 0 Å². The molecule has 0 fully saturated rings. The molecule has 0 unspecified atom stereocenters. The smallest absolute Gasteiger partial charge is 0.218 e. The van der Waals surface area contributed by atoms with Gasteiger partial charge in [-0.1, -0.05) is 194 Å². The van der Waals surface area contributed by atoms with Crippen molar-refractivity contribution in [1.82, 2.24) is 9.80 Å². The lowest BCUT2D eigenvalue weighted by Gasteiger charge is -2.22. The lowest BCUT2D eigenvalue weighted by Crippen LogP contribution is -2.71. The Bertz CT molecular complexity index is 3360. The summed E-state index contributed by atoms with van der Waals surface area (Å²) in [5.74, 6) is 0.831. The van der Waals surface area contributed by atoms with Gasteiger partial charge in [-0.3, -0.25) is 0 Å². The highest BCUT2D eigenvalue weighted by Gasteiger charge is 2.33. The molecule has 0 aromatic heterocycles. The number of allylic oxidation sites excluding steroid dienone is 18. The fourth-order valence-corrected chi connectivity index (χ4v) is 11.5. The Labute approximate surface area is 475 Å². The van der Waals surface area contributed by atoms with E-state index in [-0.39, 0.29) is 0 Å². The highest BCUT2D eigenvalue weighted by Crippen LogP contribution is 2.36. The van der Waals surface area contributed by atoms with Gasteiger partial charge >= 0.3 is 0 Å². The van der Waals surface area contributed by atoms with E-state index in [1.54, 1.807) is 0 Å². The molecule has 2 N–H and O–H groups in total. The third kappa shape index (κ3) is 13.3. The van der Waals surface area contributed by atoms with Gasteiger partial charge in [-0.15, -0.1) is 0 Å². The number of rotatable bonds is 24. The molecule has 402 valence electrons. The molecule has 7 aliphatic heterocycles. The maximum atomic E-state index is 6.39. The van der Waals surface area contributed by atoms with Crippen LogP contribution in [-0.2, 0) is 0 Å². The second-order valence-electron chi connectivity index (χ2n) is 21.6. The number of unbranched alkanes of at least 4 members (excludes halogenated alkanes) is 13. The summed E-state index contributed by atoms with van der Waals surface area (Å²) in [6, 6.07) is 40.1. The van der Waals surface area contributed by atoms with E-state index in [4.69, 9.17) is 14.7 Å². The van der Waals surface area contributed by atoms with E-state index in [1.807, 2.05) is 0 Å². The second-order valence-corrected chi connectivity index (χ2v) is 21.6. The van der Waals surface area contributed by atoms with E-state index < -0.39 is 0 Å². The first kappa shape index (κ1) is 53.6. The monoisotopic (exact) mass is 1050 g/mol. The number of hydrogen-bond donors (Lipinski definition) is 2. The Balaban J connectivity index is 0.742. The molecule has 0 radical (unpaired) electrons. The fraction of sp³-hybridized carbons (Fsp3) is 0.260. The molecular weight excluding hydrogens is 977 g/mol. The summed E-state index contributed by atoms with van der Waals surface area (Å²) in [6.07, 6.45) is 55.5. The van der Waals surface area contributed by atoms with Crippen molar-refractivity contribution in [3.8, 4) is 5.75 Å². The zero-order chi connectivity index (χ0) is 54.1. The molecule has 8 bridgehead atoms. The van der Waals surface area contributed by atoms with Crippen LogP contribution in [0.1, 0.15) is 125 Å². The van der Waals surface area contributed by atoms with Crippen molar-refractivity contribution >= 4 is 45.1 Å². The van der Waals surface area contributed by atoms with Crippen molar-refractivity contribution in [3.63, 3.8) is 0 Å². The Hall–Kier alpha value is -8.42. The van der Waals surface area contributed by atoms with Gasteiger partial charge in [0.1, 0.15) is 11.3 Å². The predicted octanol–water partition coefficient (Wildman–Crippen LogP) is 14.1. The van der Waals surface area contributed by atoms with Crippen LogP contribution >= 0.6 is 0 Å². The molecule has 0 amide bonds. The summed E-state index contributed by atoms with van der Waals surface area (Å²) in [5, 5.41) is 0. The van der Waals surface area contributed by atoms with Crippen LogP contribution in [0.5, 0.6) is 5.75 Å². The molecule has 11 rings (SSSR count). The van der Waals surface area contributed by atoms with Gasteiger partial charge in [0.2, 0.25) is 22.8 Å². The second kappa shape index (κ2) is 27.0. The third-order valence-corrected chi connectivity index (χ3v) is 15.8. The van der Waals surface area contributed by atoms with Crippen LogP contribution in [-0.4, -0.2) is 52.3 Å². The molecule has 7 nitrogen and oxygen atoms in total. The Kier molecular flexibility index (Phi) is 18.1. The first-order valence-electron chi connectivity index (χ1n) is 29.7. The van der Waals surface area contributed by atoms with Crippen molar-refractivity contribution in [2.75, 3.05) is 19.7 Å². The average Bonchev–Trinajstić information content (AvgIpc) is 4.43. The Morgan fingerprint density at radius 1 is 0.362 bits per heavy atom. The number of nitrogens with zero attached hydrogens (tertiary/aromatic N) is 4. The summed E-state index contributed by atoms with van der Waals surface area (Å²) < 4.78 is 6.39. The normalized spacial score (nSPS) is 17.1. The number of fused-ring (bicyclic) bond motifs is 4. The van der Waals surface area contributed by atoms with Gasteiger partial charge < -0.3 is 14.5 Å². The van der Waals surface area contributed by atoms with Gasteiger partial charge in [-0.05, 0) is 107 Å². The van der Waals surface area contributed by atoms with Gasteiger partial charge in [0.15, 0.2) is 0 Å². The standard InChI is InChI=1S/C73H74N6O/c1-2-3-4-5-6-7-8-9-10-11-12-13-14-24-48-78-50-44-55(45-51-78)56-46-52-79(53-47-56)49-25-54-80-61-34-32-60(33-35-61)73-68-42-40-66(76-68)71(58-28-20-16-21-29-58)64-38-36-62(74-64)70(57-26-18-15-19-27-57)63-37-39-65(75-63)72(59-30-22-17-23-31-59)67-41-43-69(73)77-67/h15-23,26-47,50-53H,2-14,24-25,48-49,54H2,1H3/p+2. The van der Waals surface area contributed by atoms with Crippen LogP contribution in [0.2, 0.25) is 0 Å². The molecule has 0 saturated heterocycles. The number of hydrogen-bond acceptors (Lipinski definition) is 5. The zero-order valence-corrected chi connectivity index (χ0v) is 46.6. The number of aliphatic imine (C=N–C) groups is 2. The number of benzene rings is 4. The van der Waals surface area contributed by atoms with E-state index in [2.05, 4.69) is 240 Å². The first-order chi connectivity index (χ1) is 39.6. The minimum atomic E-state index is 0.603. The minimum absolute atomic E-state index is 0.603. The molecule has 4 aromatic rings. The summed E-state index contributed by atoms with van der Waals surface area (Å²) >= 11 is 0. The zero-order valence-electron chi connectivity index (χ0n) is 46.6. The van der Waals surface area contributed by atoms with Crippen molar-refractivity contribution in [1.29, 1.82) is 0 Å². The van der Waals surface area contributed by atoms with Gasteiger partial charge in [0.25, 0.3) is 0 Å². The van der Waals surface area contributed by atoms with Crippen molar-refractivity contribution in [2.24, 2.45) is 9.98 Å². The average molecular weight is 1050 g/mol. The molecule has 0 spiro atoms. The Morgan fingerprint density at radius 3 is 1.30 bits per heavy atom. The molecule has 80 heavy (non-hydrogen) atoms. The van der Waals surface area contributed by atoms with Crippen LogP contribution in [0.15, 0.2) is 257 Å².